The summed E-state index contributed by atoms with van der Waals surface area (Å²) < 4.78 is 18.5. The lowest BCUT2D eigenvalue weighted by atomic mass is 10.0. The molecular formula is C29H32ClFN6O2. The molecule has 0 bridgehead atoms. The number of piperazine rings is 1. The lowest BCUT2D eigenvalue weighted by Gasteiger charge is -2.38. The van der Waals surface area contributed by atoms with Crippen LogP contribution in [0.1, 0.15) is 11.3 Å². The van der Waals surface area contributed by atoms with Crippen LogP contribution in [0.4, 0.5) is 15.9 Å². The van der Waals surface area contributed by atoms with Crippen LogP contribution in [0.25, 0.3) is 10.8 Å². The number of halogens is 2. The summed E-state index contributed by atoms with van der Waals surface area (Å²) in [6.45, 7) is 5.57. The van der Waals surface area contributed by atoms with E-state index in [0.29, 0.717) is 58.4 Å². The molecule has 0 radical (unpaired) electrons. The van der Waals surface area contributed by atoms with Crippen LogP contribution in [-0.2, 0) is 17.8 Å². The number of hydrogen-bond acceptors (Lipinski definition) is 7. The summed E-state index contributed by atoms with van der Waals surface area (Å²) in [5.41, 5.74) is 3.19. The predicted molar refractivity (Wildman–Crippen MR) is 152 cm³/mol. The molecule has 2 saturated heterocycles. The van der Waals surface area contributed by atoms with Crippen molar-refractivity contribution in [1.29, 1.82) is 0 Å². The van der Waals surface area contributed by atoms with Crippen molar-refractivity contribution in [1.82, 2.24) is 19.8 Å². The predicted octanol–water partition coefficient (Wildman–Crippen LogP) is 3.71. The average molecular weight is 551 g/mol. The van der Waals surface area contributed by atoms with Gasteiger partial charge in [-0.15, -0.1) is 0 Å². The van der Waals surface area contributed by atoms with Gasteiger partial charge in [0.1, 0.15) is 12.0 Å². The van der Waals surface area contributed by atoms with Crippen LogP contribution >= 0.6 is 11.6 Å². The average Bonchev–Trinajstić information content (AvgIpc) is 2.95. The minimum Gasteiger partial charge on any atom is -0.467 e. The van der Waals surface area contributed by atoms with Gasteiger partial charge in [-0.1, -0.05) is 41.9 Å². The van der Waals surface area contributed by atoms with E-state index in [0.717, 1.165) is 51.5 Å². The van der Waals surface area contributed by atoms with Crippen molar-refractivity contribution in [3.05, 3.63) is 64.8 Å². The molecule has 10 heteroatoms. The molecule has 4 heterocycles. The van der Waals surface area contributed by atoms with E-state index in [9.17, 15) is 9.18 Å². The molecule has 1 aromatic heterocycles. The van der Waals surface area contributed by atoms with Crippen LogP contribution in [0.15, 0.2) is 48.6 Å². The normalized spacial score (nSPS) is 18.5. The second-order valence-corrected chi connectivity index (χ2v) is 10.7. The highest BCUT2D eigenvalue weighted by molar-refractivity contribution is 6.36. The molecular weight excluding hydrogens is 519 g/mol. The molecule has 0 unspecified atom stereocenters. The van der Waals surface area contributed by atoms with Crippen LogP contribution in [0.2, 0.25) is 5.02 Å². The summed E-state index contributed by atoms with van der Waals surface area (Å²) in [6, 6.07) is 12.6. The standard InChI is InChI=1S/C29H32ClFN6O2/c1-39-29-32-24-19-37(25-8-3-6-20-5-2-7-23(30)27(20)25)12-10-22(24)28(33-29)36-15-13-35(14-16-36)26(38)9-4-11-34-17-21(31)18-34/h2-9,21H,10-19H2,1H3/b9-4+. The Labute approximate surface area is 232 Å². The van der Waals surface area contributed by atoms with Gasteiger partial charge in [0.05, 0.1) is 24.4 Å². The number of amides is 1. The van der Waals surface area contributed by atoms with Gasteiger partial charge >= 0.3 is 6.01 Å². The Balaban J connectivity index is 1.16. The molecule has 0 spiro atoms. The van der Waals surface area contributed by atoms with Crippen LogP contribution < -0.4 is 14.5 Å². The maximum atomic E-state index is 13.0. The van der Waals surface area contributed by atoms with E-state index in [-0.39, 0.29) is 5.91 Å². The molecule has 1 amide bonds. The fourth-order valence-corrected chi connectivity index (χ4v) is 5.97. The number of fused-ring (bicyclic) bond motifs is 2. The van der Waals surface area contributed by atoms with E-state index in [1.165, 1.54) is 0 Å². The first-order valence-electron chi connectivity index (χ1n) is 13.4. The Morgan fingerprint density at radius 3 is 2.59 bits per heavy atom. The second kappa shape index (κ2) is 11.0. The van der Waals surface area contributed by atoms with Gasteiger partial charge in [0.25, 0.3) is 0 Å². The third-order valence-electron chi connectivity index (χ3n) is 7.81. The zero-order valence-corrected chi connectivity index (χ0v) is 22.8. The molecule has 0 aliphatic carbocycles. The summed E-state index contributed by atoms with van der Waals surface area (Å²) in [5.74, 6) is 0.896. The van der Waals surface area contributed by atoms with Crippen molar-refractivity contribution < 1.29 is 13.9 Å². The van der Waals surface area contributed by atoms with Gasteiger partial charge in [-0.3, -0.25) is 9.69 Å². The number of rotatable bonds is 6. The Hall–Kier alpha value is -3.43. The number of likely N-dealkylation sites (tertiary alicyclic amines) is 1. The Morgan fingerprint density at radius 2 is 1.85 bits per heavy atom. The number of nitrogens with zero attached hydrogens (tertiary/aromatic N) is 6. The van der Waals surface area contributed by atoms with Gasteiger partial charge in [-0.05, 0) is 23.9 Å². The number of carbonyl (C=O) groups is 1. The maximum Gasteiger partial charge on any atom is 0.318 e. The minimum absolute atomic E-state index is 0.00124. The monoisotopic (exact) mass is 550 g/mol. The lowest BCUT2D eigenvalue weighted by molar-refractivity contribution is -0.126. The quantitative estimate of drug-likeness (QED) is 0.434. The van der Waals surface area contributed by atoms with Crippen molar-refractivity contribution in [2.24, 2.45) is 0 Å². The fraction of sp³-hybridized carbons (Fsp3) is 0.414. The molecule has 2 aromatic carbocycles. The summed E-state index contributed by atoms with van der Waals surface area (Å²) in [4.78, 5) is 30.6. The molecule has 0 saturated carbocycles. The number of anilines is 2. The number of carbonyl (C=O) groups excluding carboxylic acids is 1. The summed E-state index contributed by atoms with van der Waals surface area (Å²) in [7, 11) is 1.59. The molecule has 204 valence electrons. The van der Waals surface area contributed by atoms with Gasteiger partial charge in [0, 0.05) is 75.1 Å². The number of benzene rings is 2. The number of aromatic nitrogens is 2. The van der Waals surface area contributed by atoms with Crippen molar-refractivity contribution in [3.8, 4) is 6.01 Å². The van der Waals surface area contributed by atoms with Crippen molar-refractivity contribution in [2.45, 2.75) is 19.1 Å². The van der Waals surface area contributed by atoms with Gasteiger partial charge in [0.15, 0.2) is 0 Å². The zero-order valence-electron chi connectivity index (χ0n) is 22.0. The largest absolute Gasteiger partial charge is 0.467 e. The maximum absolute atomic E-state index is 13.0. The van der Waals surface area contributed by atoms with E-state index < -0.39 is 6.17 Å². The van der Waals surface area contributed by atoms with E-state index in [2.05, 4.69) is 34.1 Å². The highest BCUT2D eigenvalue weighted by Gasteiger charge is 2.29. The van der Waals surface area contributed by atoms with Crippen LogP contribution in [0.5, 0.6) is 6.01 Å². The van der Waals surface area contributed by atoms with E-state index in [4.69, 9.17) is 26.3 Å². The Bertz CT molecular complexity index is 1400. The Morgan fingerprint density at radius 1 is 1.08 bits per heavy atom. The minimum atomic E-state index is -0.729. The highest BCUT2D eigenvalue weighted by Crippen LogP contribution is 2.37. The third kappa shape index (κ3) is 5.25. The van der Waals surface area contributed by atoms with Gasteiger partial charge in [0.2, 0.25) is 5.91 Å². The molecule has 8 nitrogen and oxygen atoms in total. The van der Waals surface area contributed by atoms with Gasteiger partial charge < -0.3 is 19.4 Å². The number of ether oxygens (including phenoxy) is 1. The Kier molecular flexibility index (Phi) is 7.27. The molecule has 3 aromatic rings. The first-order valence-corrected chi connectivity index (χ1v) is 13.8. The van der Waals surface area contributed by atoms with Gasteiger partial charge in [-0.25, -0.2) is 4.39 Å². The molecule has 6 rings (SSSR count). The van der Waals surface area contributed by atoms with E-state index >= 15 is 0 Å². The first kappa shape index (κ1) is 25.8. The summed E-state index contributed by atoms with van der Waals surface area (Å²) >= 11 is 6.62. The smallest absolute Gasteiger partial charge is 0.318 e. The summed E-state index contributed by atoms with van der Waals surface area (Å²) in [6.07, 6.45) is 3.52. The second-order valence-electron chi connectivity index (χ2n) is 10.3. The SMILES string of the molecule is COc1nc2c(c(N3CCN(C(=O)/C=C/CN4CC(F)C4)CC3)n1)CCN(c1cccc3cccc(Cl)c13)C2. The molecule has 3 aliphatic heterocycles. The summed E-state index contributed by atoms with van der Waals surface area (Å²) in [5, 5.41) is 2.91. The third-order valence-corrected chi connectivity index (χ3v) is 8.12. The van der Waals surface area contributed by atoms with Crippen LogP contribution in [-0.4, -0.2) is 91.3 Å². The van der Waals surface area contributed by atoms with Crippen LogP contribution in [0, 0.1) is 0 Å². The fourth-order valence-electron chi connectivity index (χ4n) is 5.69. The van der Waals surface area contributed by atoms with Crippen molar-refractivity contribution >= 4 is 39.8 Å². The number of methoxy groups -OCH3 is 1. The lowest BCUT2D eigenvalue weighted by Crippen LogP contribution is -2.49. The zero-order chi connectivity index (χ0) is 26.9. The van der Waals surface area contributed by atoms with Crippen molar-refractivity contribution in [2.75, 3.05) is 69.3 Å². The topological polar surface area (TPSA) is 65.0 Å². The highest BCUT2D eigenvalue weighted by atomic mass is 35.5. The molecule has 0 atom stereocenters. The first-order chi connectivity index (χ1) is 19.0. The molecule has 0 N–H and O–H groups in total. The molecule has 3 aliphatic rings. The van der Waals surface area contributed by atoms with E-state index in [1.54, 1.807) is 13.2 Å². The van der Waals surface area contributed by atoms with Gasteiger partial charge in [-0.2, -0.15) is 9.97 Å². The molecule has 39 heavy (non-hydrogen) atoms. The number of alkyl halides is 1. The van der Waals surface area contributed by atoms with Crippen LogP contribution in [0.3, 0.4) is 0 Å². The van der Waals surface area contributed by atoms with E-state index in [1.807, 2.05) is 28.0 Å². The molecule has 2 fully saturated rings. The van der Waals surface area contributed by atoms with Crippen molar-refractivity contribution in [3.63, 3.8) is 0 Å². The number of hydrogen-bond donors (Lipinski definition) is 0.